The number of hydrogen-bond donors (Lipinski definition) is 2. The summed E-state index contributed by atoms with van der Waals surface area (Å²) < 4.78 is 0. The Morgan fingerprint density at radius 1 is 1.11 bits per heavy atom. The van der Waals surface area contributed by atoms with Crippen LogP contribution in [0.1, 0.15) is 36.6 Å². The van der Waals surface area contributed by atoms with Crippen LogP contribution in [-0.4, -0.2) is 26.6 Å². The van der Waals surface area contributed by atoms with Crippen molar-refractivity contribution in [1.82, 2.24) is 15.0 Å². The Labute approximate surface area is 159 Å². The zero-order chi connectivity index (χ0) is 18.7. The molecule has 5 nitrogen and oxygen atoms in total. The molecule has 138 valence electrons. The molecule has 0 bridgehead atoms. The van der Waals surface area contributed by atoms with Crippen molar-refractivity contribution in [1.29, 1.82) is 0 Å². The topological polar surface area (TPSA) is 70.9 Å². The first kappa shape index (κ1) is 17.6. The molecular weight excluding hydrogens is 336 g/mol. The average Bonchev–Trinajstić information content (AvgIpc) is 2.73. The van der Waals surface area contributed by atoms with E-state index in [-0.39, 0.29) is 0 Å². The Morgan fingerprint density at radius 3 is 2.74 bits per heavy atom. The van der Waals surface area contributed by atoms with Crippen LogP contribution < -0.4 is 5.32 Å². The number of fused-ring (bicyclic) bond motifs is 1. The number of hydrogen-bond acceptors (Lipinski definition) is 5. The van der Waals surface area contributed by atoms with E-state index < -0.39 is 5.60 Å². The molecule has 0 amide bonds. The Bertz CT molecular complexity index is 929. The molecule has 0 aliphatic heterocycles. The highest BCUT2D eigenvalue weighted by molar-refractivity contribution is 5.57. The molecule has 2 aromatic heterocycles. The van der Waals surface area contributed by atoms with Crippen molar-refractivity contribution in [3.05, 3.63) is 71.7 Å². The van der Waals surface area contributed by atoms with E-state index in [1.54, 1.807) is 12.4 Å². The number of aliphatic hydroxyl groups is 1. The van der Waals surface area contributed by atoms with Gasteiger partial charge >= 0.3 is 0 Å². The second-order valence-electron chi connectivity index (χ2n) is 7.05. The molecule has 0 fully saturated rings. The molecule has 0 saturated heterocycles. The van der Waals surface area contributed by atoms with Crippen LogP contribution in [0.2, 0.25) is 0 Å². The molecule has 1 aromatic carbocycles. The normalized spacial score (nSPS) is 18.7. The van der Waals surface area contributed by atoms with Crippen molar-refractivity contribution >= 4 is 5.82 Å². The molecule has 27 heavy (non-hydrogen) atoms. The molecule has 2 heterocycles. The molecule has 1 atom stereocenters. The van der Waals surface area contributed by atoms with Gasteiger partial charge in [-0.3, -0.25) is 4.98 Å². The fourth-order valence-electron chi connectivity index (χ4n) is 3.72. The minimum Gasteiger partial charge on any atom is -0.383 e. The highest BCUT2D eigenvalue weighted by Crippen LogP contribution is 2.35. The van der Waals surface area contributed by atoms with Crippen LogP contribution in [0.25, 0.3) is 11.4 Å². The zero-order valence-electron chi connectivity index (χ0n) is 15.5. The number of benzene rings is 1. The van der Waals surface area contributed by atoms with Crippen LogP contribution in [0.3, 0.4) is 0 Å². The molecule has 1 aliphatic carbocycles. The molecule has 3 aromatic rings. The van der Waals surface area contributed by atoms with E-state index >= 15 is 0 Å². The van der Waals surface area contributed by atoms with Gasteiger partial charge in [0.2, 0.25) is 0 Å². The molecule has 0 saturated carbocycles. The quantitative estimate of drug-likeness (QED) is 0.725. The third-order valence-electron chi connectivity index (χ3n) is 5.20. The average molecular weight is 360 g/mol. The molecule has 1 aliphatic rings. The van der Waals surface area contributed by atoms with Gasteiger partial charge in [0.25, 0.3) is 0 Å². The summed E-state index contributed by atoms with van der Waals surface area (Å²) in [6, 6.07) is 14.0. The number of anilines is 1. The molecule has 0 radical (unpaired) electrons. The van der Waals surface area contributed by atoms with Crippen LogP contribution in [0.5, 0.6) is 0 Å². The predicted octanol–water partition coefficient (Wildman–Crippen LogP) is 3.74. The van der Waals surface area contributed by atoms with Gasteiger partial charge in [0.1, 0.15) is 11.4 Å². The van der Waals surface area contributed by atoms with Crippen LogP contribution >= 0.6 is 0 Å². The van der Waals surface area contributed by atoms with Crippen molar-refractivity contribution in [3.63, 3.8) is 0 Å². The van der Waals surface area contributed by atoms with Gasteiger partial charge in [-0.1, -0.05) is 31.2 Å². The second kappa shape index (κ2) is 7.45. The largest absolute Gasteiger partial charge is 0.383 e. The van der Waals surface area contributed by atoms with E-state index in [1.165, 1.54) is 5.56 Å². The van der Waals surface area contributed by atoms with Gasteiger partial charge in [-0.05, 0) is 48.9 Å². The molecular formula is C22H24N4O. The minimum absolute atomic E-state index is 0.431. The summed E-state index contributed by atoms with van der Waals surface area (Å²) in [5.74, 6) is 1.42. The zero-order valence-corrected chi connectivity index (χ0v) is 15.5. The van der Waals surface area contributed by atoms with Gasteiger partial charge < -0.3 is 10.4 Å². The number of aryl methyl sites for hydroxylation is 2. The summed E-state index contributed by atoms with van der Waals surface area (Å²) in [4.78, 5) is 13.4. The number of nitrogens with one attached hydrogen (secondary N) is 1. The SMILES string of the molecule is CCc1cc(NCC2(O)CCCc3ccccc32)nc(-c2ccncc2)n1. The molecule has 4 rings (SSSR count). The van der Waals surface area contributed by atoms with E-state index in [4.69, 9.17) is 0 Å². The first-order valence-electron chi connectivity index (χ1n) is 9.51. The molecule has 1 unspecified atom stereocenters. The van der Waals surface area contributed by atoms with Crippen molar-refractivity contribution in [2.45, 2.75) is 38.2 Å². The summed E-state index contributed by atoms with van der Waals surface area (Å²) in [7, 11) is 0. The van der Waals surface area contributed by atoms with Crippen LogP contribution in [0, 0.1) is 0 Å². The van der Waals surface area contributed by atoms with E-state index in [2.05, 4.69) is 33.3 Å². The van der Waals surface area contributed by atoms with Gasteiger partial charge in [0.15, 0.2) is 5.82 Å². The van der Waals surface area contributed by atoms with Crippen LogP contribution in [-0.2, 0) is 18.4 Å². The number of rotatable bonds is 5. The van der Waals surface area contributed by atoms with Gasteiger partial charge in [-0.15, -0.1) is 0 Å². The third kappa shape index (κ3) is 3.69. The van der Waals surface area contributed by atoms with E-state index in [0.29, 0.717) is 12.4 Å². The maximum atomic E-state index is 11.3. The highest BCUT2D eigenvalue weighted by Gasteiger charge is 2.34. The summed E-state index contributed by atoms with van der Waals surface area (Å²) in [5.41, 5.74) is 3.30. The number of nitrogens with zero attached hydrogens (tertiary/aromatic N) is 3. The fraction of sp³-hybridized carbons (Fsp3) is 0.318. The van der Waals surface area contributed by atoms with Crippen molar-refractivity contribution in [2.24, 2.45) is 0 Å². The van der Waals surface area contributed by atoms with Gasteiger partial charge in [-0.25, -0.2) is 9.97 Å². The Kier molecular flexibility index (Phi) is 4.86. The summed E-state index contributed by atoms with van der Waals surface area (Å²) in [5, 5.41) is 14.6. The molecule has 5 heteroatoms. The lowest BCUT2D eigenvalue weighted by molar-refractivity contribution is 0.0322. The highest BCUT2D eigenvalue weighted by atomic mass is 16.3. The lowest BCUT2D eigenvalue weighted by Crippen LogP contribution is -2.37. The lowest BCUT2D eigenvalue weighted by Gasteiger charge is -2.34. The van der Waals surface area contributed by atoms with E-state index in [0.717, 1.165) is 48.3 Å². The predicted molar refractivity (Wildman–Crippen MR) is 106 cm³/mol. The van der Waals surface area contributed by atoms with E-state index in [1.807, 2.05) is 36.4 Å². The standard InChI is InChI=1S/C22H24N4O/c1-2-18-14-20(26-21(25-18)17-9-12-23-13-10-17)24-15-22(27)11-5-7-16-6-3-4-8-19(16)22/h3-4,6,8-10,12-14,27H,2,5,7,11,15H2,1H3,(H,24,25,26). The first-order valence-corrected chi connectivity index (χ1v) is 9.51. The Hall–Kier alpha value is -2.79. The summed E-state index contributed by atoms with van der Waals surface area (Å²) in [6.45, 7) is 2.51. The van der Waals surface area contributed by atoms with Gasteiger partial charge in [-0.2, -0.15) is 0 Å². The Morgan fingerprint density at radius 2 is 1.93 bits per heavy atom. The third-order valence-corrected chi connectivity index (χ3v) is 5.20. The van der Waals surface area contributed by atoms with Gasteiger partial charge in [0.05, 0.1) is 0 Å². The van der Waals surface area contributed by atoms with Crippen LogP contribution in [0.4, 0.5) is 5.82 Å². The maximum absolute atomic E-state index is 11.3. The molecule has 2 N–H and O–H groups in total. The molecule has 0 spiro atoms. The second-order valence-corrected chi connectivity index (χ2v) is 7.05. The Balaban J connectivity index is 1.60. The summed E-state index contributed by atoms with van der Waals surface area (Å²) in [6.07, 6.45) is 7.07. The minimum atomic E-state index is -0.872. The monoisotopic (exact) mass is 360 g/mol. The summed E-state index contributed by atoms with van der Waals surface area (Å²) >= 11 is 0. The first-order chi connectivity index (χ1) is 13.2. The van der Waals surface area contributed by atoms with Crippen molar-refractivity contribution in [2.75, 3.05) is 11.9 Å². The lowest BCUT2D eigenvalue weighted by atomic mass is 9.79. The van der Waals surface area contributed by atoms with E-state index in [9.17, 15) is 5.11 Å². The van der Waals surface area contributed by atoms with Crippen molar-refractivity contribution < 1.29 is 5.11 Å². The fourth-order valence-corrected chi connectivity index (χ4v) is 3.72. The smallest absolute Gasteiger partial charge is 0.161 e. The number of aromatic nitrogens is 3. The van der Waals surface area contributed by atoms with Crippen LogP contribution in [0.15, 0.2) is 54.9 Å². The maximum Gasteiger partial charge on any atom is 0.161 e. The van der Waals surface area contributed by atoms with Gasteiger partial charge in [0, 0.05) is 36.3 Å². The number of pyridine rings is 1. The van der Waals surface area contributed by atoms with Crippen molar-refractivity contribution in [3.8, 4) is 11.4 Å².